The number of thiophene rings is 1. The standard InChI is InChI=1S/C14H16ClNO2S/c1-17-13-7-11(15)6-10(14(13)18-2)8-16-9-12-4-3-5-19-12/h3-7,16H,8-9H2,1-2H3. The van der Waals surface area contributed by atoms with Gasteiger partial charge in [-0.3, -0.25) is 0 Å². The Morgan fingerprint density at radius 1 is 1.21 bits per heavy atom. The summed E-state index contributed by atoms with van der Waals surface area (Å²) in [5.41, 5.74) is 0.989. The molecule has 1 N–H and O–H groups in total. The number of rotatable bonds is 6. The average Bonchev–Trinajstić information content (AvgIpc) is 2.91. The predicted molar refractivity (Wildman–Crippen MR) is 79.4 cm³/mol. The highest BCUT2D eigenvalue weighted by atomic mass is 35.5. The smallest absolute Gasteiger partial charge is 0.165 e. The van der Waals surface area contributed by atoms with Gasteiger partial charge in [0.15, 0.2) is 11.5 Å². The number of nitrogens with one attached hydrogen (secondary N) is 1. The Morgan fingerprint density at radius 2 is 2.05 bits per heavy atom. The van der Waals surface area contributed by atoms with Gasteiger partial charge in [-0.25, -0.2) is 0 Å². The second kappa shape index (κ2) is 6.80. The van der Waals surface area contributed by atoms with Crippen molar-refractivity contribution in [1.82, 2.24) is 5.32 Å². The van der Waals surface area contributed by atoms with E-state index in [-0.39, 0.29) is 0 Å². The minimum Gasteiger partial charge on any atom is -0.493 e. The van der Waals surface area contributed by atoms with Crippen LogP contribution in [-0.4, -0.2) is 14.2 Å². The highest BCUT2D eigenvalue weighted by Crippen LogP contribution is 2.34. The van der Waals surface area contributed by atoms with Gasteiger partial charge in [0.25, 0.3) is 0 Å². The second-order valence-electron chi connectivity index (χ2n) is 3.98. The number of ether oxygens (including phenoxy) is 2. The number of halogens is 1. The molecule has 0 amide bonds. The number of hydrogen-bond donors (Lipinski definition) is 1. The molecule has 2 rings (SSSR count). The van der Waals surface area contributed by atoms with Crippen molar-refractivity contribution in [3.8, 4) is 11.5 Å². The van der Waals surface area contributed by atoms with Crippen LogP contribution in [0, 0.1) is 0 Å². The zero-order chi connectivity index (χ0) is 13.7. The van der Waals surface area contributed by atoms with E-state index >= 15 is 0 Å². The van der Waals surface area contributed by atoms with Crippen LogP contribution in [-0.2, 0) is 13.1 Å². The summed E-state index contributed by atoms with van der Waals surface area (Å²) in [5, 5.41) is 6.09. The monoisotopic (exact) mass is 297 g/mol. The Labute approximate surface area is 122 Å². The van der Waals surface area contributed by atoms with Crippen LogP contribution in [0.3, 0.4) is 0 Å². The number of methoxy groups -OCH3 is 2. The average molecular weight is 298 g/mol. The first kappa shape index (κ1) is 14.2. The van der Waals surface area contributed by atoms with Crippen molar-refractivity contribution in [2.75, 3.05) is 14.2 Å². The van der Waals surface area contributed by atoms with Gasteiger partial charge >= 0.3 is 0 Å². The molecule has 0 saturated heterocycles. The molecule has 0 atom stereocenters. The van der Waals surface area contributed by atoms with Gasteiger partial charge in [0.2, 0.25) is 0 Å². The van der Waals surface area contributed by atoms with Crippen LogP contribution in [0.25, 0.3) is 0 Å². The molecule has 19 heavy (non-hydrogen) atoms. The maximum atomic E-state index is 6.07. The molecule has 0 radical (unpaired) electrons. The molecule has 0 bridgehead atoms. The summed E-state index contributed by atoms with van der Waals surface area (Å²) in [6, 6.07) is 7.80. The first-order chi connectivity index (χ1) is 9.24. The van der Waals surface area contributed by atoms with Crippen LogP contribution in [0.1, 0.15) is 10.4 Å². The molecule has 102 valence electrons. The molecule has 0 aliphatic carbocycles. The van der Waals surface area contributed by atoms with Gasteiger partial charge in [0.1, 0.15) is 0 Å². The van der Waals surface area contributed by atoms with Crippen LogP contribution in [0.4, 0.5) is 0 Å². The van der Waals surface area contributed by atoms with Gasteiger partial charge in [-0.1, -0.05) is 17.7 Å². The maximum absolute atomic E-state index is 6.07. The molecule has 0 unspecified atom stereocenters. The van der Waals surface area contributed by atoms with E-state index in [1.807, 2.05) is 12.1 Å². The lowest BCUT2D eigenvalue weighted by Gasteiger charge is -2.13. The predicted octanol–water partition coefficient (Wildman–Crippen LogP) is 3.71. The first-order valence-corrected chi connectivity index (χ1v) is 7.14. The van der Waals surface area contributed by atoms with E-state index in [9.17, 15) is 0 Å². The lowest BCUT2D eigenvalue weighted by Crippen LogP contribution is -2.13. The van der Waals surface area contributed by atoms with Crippen molar-refractivity contribution in [3.05, 3.63) is 45.1 Å². The maximum Gasteiger partial charge on any atom is 0.165 e. The molecule has 2 aromatic rings. The zero-order valence-corrected chi connectivity index (χ0v) is 12.5. The molecule has 0 fully saturated rings. The summed E-state index contributed by atoms with van der Waals surface area (Å²) in [6.45, 7) is 1.51. The van der Waals surface area contributed by atoms with Gasteiger partial charge in [-0.15, -0.1) is 11.3 Å². The molecule has 0 aliphatic heterocycles. The van der Waals surface area contributed by atoms with Crippen molar-refractivity contribution in [3.63, 3.8) is 0 Å². The van der Waals surface area contributed by atoms with E-state index in [0.717, 1.165) is 17.9 Å². The summed E-state index contributed by atoms with van der Waals surface area (Å²) in [5.74, 6) is 1.38. The van der Waals surface area contributed by atoms with Crippen molar-refractivity contribution >= 4 is 22.9 Å². The second-order valence-corrected chi connectivity index (χ2v) is 5.45. The fourth-order valence-electron chi connectivity index (χ4n) is 1.87. The lowest BCUT2D eigenvalue weighted by molar-refractivity contribution is 0.350. The summed E-state index contributed by atoms with van der Waals surface area (Å²) in [7, 11) is 3.24. The van der Waals surface area contributed by atoms with Crippen LogP contribution in [0.5, 0.6) is 11.5 Å². The van der Waals surface area contributed by atoms with Crippen LogP contribution >= 0.6 is 22.9 Å². The molecule has 1 aromatic carbocycles. The highest BCUT2D eigenvalue weighted by Gasteiger charge is 2.11. The van der Waals surface area contributed by atoms with Crippen LogP contribution in [0.2, 0.25) is 5.02 Å². The molecule has 0 aliphatic rings. The molecule has 1 heterocycles. The van der Waals surface area contributed by atoms with Gasteiger partial charge < -0.3 is 14.8 Å². The van der Waals surface area contributed by atoms with Crippen molar-refractivity contribution in [2.45, 2.75) is 13.1 Å². The van der Waals surface area contributed by atoms with E-state index in [1.165, 1.54) is 4.88 Å². The third kappa shape index (κ3) is 3.62. The van der Waals surface area contributed by atoms with E-state index in [4.69, 9.17) is 21.1 Å². The normalized spacial score (nSPS) is 10.5. The fourth-order valence-corrected chi connectivity index (χ4v) is 2.78. The Hall–Kier alpha value is -1.23. The molecule has 5 heteroatoms. The summed E-state index contributed by atoms with van der Waals surface area (Å²) in [6.07, 6.45) is 0. The van der Waals surface area contributed by atoms with Gasteiger partial charge in [-0.2, -0.15) is 0 Å². The van der Waals surface area contributed by atoms with Crippen LogP contribution in [0.15, 0.2) is 29.6 Å². The Kier molecular flexibility index (Phi) is 5.07. The minimum atomic E-state index is 0.644. The molecule has 3 nitrogen and oxygen atoms in total. The van der Waals surface area contributed by atoms with E-state index in [1.54, 1.807) is 31.6 Å². The topological polar surface area (TPSA) is 30.5 Å². The van der Waals surface area contributed by atoms with Gasteiger partial charge in [0, 0.05) is 34.6 Å². The quantitative estimate of drug-likeness (QED) is 0.882. The molecule has 1 aromatic heterocycles. The first-order valence-electron chi connectivity index (χ1n) is 5.88. The van der Waals surface area contributed by atoms with Gasteiger partial charge in [-0.05, 0) is 17.5 Å². The van der Waals surface area contributed by atoms with Crippen molar-refractivity contribution in [1.29, 1.82) is 0 Å². The largest absolute Gasteiger partial charge is 0.493 e. The minimum absolute atomic E-state index is 0.644. The van der Waals surface area contributed by atoms with Crippen molar-refractivity contribution in [2.24, 2.45) is 0 Å². The molecular formula is C14H16ClNO2S. The third-order valence-electron chi connectivity index (χ3n) is 2.72. The van der Waals surface area contributed by atoms with Crippen molar-refractivity contribution < 1.29 is 9.47 Å². The fraction of sp³-hybridized carbons (Fsp3) is 0.286. The number of hydrogen-bond acceptors (Lipinski definition) is 4. The molecular weight excluding hydrogens is 282 g/mol. The molecule has 0 spiro atoms. The summed E-state index contributed by atoms with van der Waals surface area (Å²) in [4.78, 5) is 1.30. The lowest BCUT2D eigenvalue weighted by atomic mass is 10.2. The molecule has 0 saturated carbocycles. The van der Waals surface area contributed by atoms with E-state index in [2.05, 4.69) is 16.8 Å². The Bertz CT molecular complexity index is 528. The number of benzene rings is 1. The van der Waals surface area contributed by atoms with E-state index < -0.39 is 0 Å². The van der Waals surface area contributed by atoms with E-state index in [0.29, 0.717) is 17.3 Å². The summed E-state index contributed by atoms with van der Waals surface area (Å²) >= 11 is 7.81. The Morgan fingerprint density at radius 3 is 2.68 bits per heavy atom. The van der Waals surface area contributed by atoms with Gasteiger partial charge in [0.05, 0.1) is 14.2 Å². The zero-order valence-electron chi connectivity index (χ0n) is 10.9. The Balaban J connectivity index is 2.08. The SMILES string of the molecule is COc1cc(Cl)cc(CNCc2cccs2)c1OC. The third-order valence-corrected chi connectivity index (χ3v) is 3.81. The highest BCUT2D eigenvalue weighted by molar-refractivity contribution is 7.09. The summed E-state index contributed by atoms with van der Waals surface area (Å²) < 4.78 is 10.7. The van der Waals surface area contributed by atoms with Crippen LogP contribution < -0.4 is 14.8 Å².